The van der Waals surface area contributed by atoms with Crippen LogP contribution in [0.4, 0.5) is 5.82 Å². The maximum Gasteiger partial charge on any atom is 0.356 e. The Bertz CT molecular complexity index is 1080. The first-order chi connectivity index (χ1) is 11.8. The number of hydrogen-bond donors (Lipinski definition) is 1. The van der Waals surface area contributed by atoms with Gasteiger partial charge in [-0.05, 0) is 32.8 Å². The third-order valence-electron chi connectivity index (χ3n) is 3.63. The summed E-state index contributed by atoms with van der Waals surface area (Å²) in [7, 11) is -1.13. The lowest BCUT2D eigenvalue weighted by molar-refractivity contribution is 0.0588. The fourth-order valence-corrected chi connectivity index (χ4v) is 4.64. The molecule has 3 rings (SSSR count). The number of carbonyl (C=O) groups excluding carboxylic acids is 1. The van der Waals surface area contributed by atoms with E-state index in [0.29, 0.717) is 4.47 Å². The van der Waals surface area contributed by atoms with Crippen LogP contribution in [0.3, 0.4) is 0 Å². The smallest absolute Gasteiger partial charge is 0.356 e. The maximum atomic E-state index is 12.7. The fraction of sp³-hybridized carbons (Fsp3) is 0.125. The second kappa shape index (κ2) is 6.49. The van der Waals surface area contributed by atoms with Crippen LogP contribution in [-0.2, 0) is 21.8 Å². The third-order valence-corrected chi connectivity index (χ3v) is 6.14. The average molecular weight is 424 g/mol. The van der Waals surface area contributed by atoms with E-state index in [9.17, 15) is 13.2 Å². The standard InChI is InChI=1S/C16H14BrN3O4S/c1-20-12(16(21)24-2)9-14(18-20)19-25(22,23)13-8-7-10-5-3-4-6-11(10)15(13)17/h3-9H,1-2H3,(H,18,19). The van der Waals surface area contributed by atoms with E-state index >= 15 is 0 Å². The van der Waals surface area contributed by atoms with E-state index in [1.807, 2.05) is 24.3 Å². The summed E-state index contributed by atoms with van der Waals surface area (Å²) in [5, 5.41) is 5.69. The Hall–Kier alpha value is -2.39. The van der Waals surface area contributed by atoms with E-state index in [1.165, 1.54) is 31.0 Å². The highest BCUT2D eigenvalue weighted by Crippen LogP contribution is 2.31. The monoisotopic (exact) mass is 423 g/mol. The molecule has 0 aliphatic rings. The molecule has 7 nitrogen and oxygen atoms in total. The molecule has 1 N–H and O–H groups in total. The molecule has 0 amide bonds. The van der Waals surface area contributed by atoms with E-state index in [1.54, 1.807) is 6.07 Å². The summed E-state index contributed by atoms with van der Waals surface area (Å²) in [4.78, 5) is 11.7. The van der Waals surface area contributed by atoms with Gasteiger partial charge in [-0.3, -0.25) is 9.40 Å². The fourth-order valence-electron chi connectivity index (χ4n) is 2.43. The van der Waals surface area contributed by atoms with Gasteiger partial charge in [0.15, 0.2) is 5.82 Å². The van der Waals surface area contributed by atoms with Crippen LogP contribution in [0.5, 0.6) is 0 Å². The van der Waals surface area contributed by atoms with Gasteiger partial charge in [-0.2, -0.15) is 5.10 Å². The van der Waals surface area contributed by atoms with Gasteiger partial charge in [0.2, 0.25) is 0 Å². The number of esters is 1. The van der Waals surface area contributed by atoms with Gasteiger partial charge >= 0.3 is 5.97 Å². The number of nitrogens with zero attached hydrogens (tertiary/aromatic N) is 2. The molecule has 0 unspecified atom stereocenters. The minimum absolute atomic E-state index is 0.0305. The van der Waals surface area contributed by atoms with Crippen molar-refractivity contribution in [3.63, 3.8) is 0 Å². The zero-order chi connectivity index (χ0) is 18.2. The van der Waals surface area contributed by atoms with Crippen LogP contribution in [0.25, 0.3) is 10.8 Å². The highest BCUT2D eigenvalue weighted by Gasteiger charge is 2.22. The number of aryl methyl sites for hydroxylation is 1. The van der Waals surface area contributed by atoms with E-state index < -0.39 is 16.0 Å². The van der Waals surface area contributed by atoms with E-state index in [-0.39, 0.29) is 16.4 Å². The van der Waals surface area contributed by atoms with Gasteiger partial charge in [-0.25, -0.2) is 13.2 Å². The molecule has 2 aromatic carbocycles. The Morgan fingerprint density at radius 3 is 2.68 bits per heavy atom. The molecule has 0 saturated carbocycles. The highest BCUT2D eigenvalue weighted by molar-refractivity contribution is 9.10. The van der Waals surface area contributed by atoms with Crippen LogP contribution in [0, 0.1) is 0 Å². The molecule has 130 valence electrons. The van der Waals surface area contributed by atoms with Crippen LogP contribution < -0.4 is 4.72 Å². The SMILES string of the molecule is COC(=O)c1cc(NS(=O)(=O)c2ccc3ccccc3c2Br)nn1C. The van der Waals surface area contributed by atoms with Gasteiger partial charge < -0.3 is 4.74 Å². The number of aromatic nitrogens is 2. The number of hydrogen-bond acceptors (Lipinski definition) is 5. The lowest BCUT2D eigenvalue weighted by Gasteiger charge is -2.09. The second-order valence-electron chi connectivity index (χ2n) is 5.23. The normalized spacial score (nSPS) is 11.5. The Labute approximate surface area is 152 Å². The van der Waals surface area contributed by atoms with E-state index in [2.05, 4.69) is 30.5 Å². The largest absolute Gasteiger partial charge is 0.464 e. The van der Waals surface area contributed by atoms with E-state index in [0.717, 1.165) is 10.8 Å². The zero-order valence-electron chi connectivity index (χ0n) is 13.4. The van der Waals surface area contributed by atoms with Gasteiger partial charge in [0.1, 0.15) is 10.6 Å². The van der Waals surface area contributed by atoms with E-state index in [4.69, 9.17) is 0 Å². The zero-order valence-corrected chi connectivity index (χ0v) is 15.8. The van der Waals surface area contributed by atoms with Crippen molar-refractivity contribution in [3.05, 3.63) is 52.6 Å². The van der Waals surface area contributed by atoms with Crippen LogP contribution in [0.15, 0.2) is 51.8 Å². The Morgan fingerprint density at radius 2 is 1.96 bits per heavy atom. The van der Waals surface area contributed by atoms with Gasteiger partial charge in [0.25, 0.3) is 10.0 Å². The number of rotatable bonds is 4. The first kappa shape index (κ1) is 17.4. The number of sulfonamides is 1. The molecule has 1 heterocycles. The summed E-state index contributed by atoms with van der Waals surface area (Å²) in [6, 6.07) is 12.0. The van der Waals surface area contributed by atoms with Crippen molar-refractivity contribution in [1.29, 1.82) is 0 Å². The number of fused-ring (bicyclic) bond motifs is 1. The van der Waals surface area contributed by atoms with Gasteiger partial charge in [-0.1, -0.05) is 30.3 Å². The van der Waals surface area contributed by atoms with Crippen molar-refractivity contribution < 1.29 is 17.9 Å². The summed E-state index contributed by atoms with van der Waals surface area (Å²) in [6.07, 6.45) is 0. The predicted molar refractivity (Wildman–Crippen MR) is 97.0 cm³/mol. The maximum absolute atomic E-state index is 12.7. The summed E-state index contributed by atoms with van der Waals surface area (Å²) in [6.45, 7) is 0. The molecule has 0 radical (unpaired) electrons. The molecule has 0 aliphatic carbocycles. The van der Waals surface area contributed by atoms with Crippen molar-refractivity contribution in [1.82, 2.24) is 9.78 Å². The van der Waals surface area contributed by atoms with Crippen molar-refractivity contribution in [2.24, 2.45) is 7.05 Å². The summed E-state index contributed by atoms with van der Waals surface area (Å²) in [5.74, 6) is -0.574. The number of methoxy groups -OCH3 is 1. The Kier molecular flexibility index (Phi) is 4.53. The number of halogens is 1. The molecule has 3 aromatic rings. The highest BCUT2D eigenvalue weighted by atomic mass is 79.9. The van der Waals surface area contributed by atoms with Crippen molar-refractivity contribution in [3.8, 4) is 0 Å². The minimum Gasteiger partial charge on any atom is -0.464 e. The van der Waals surface area contributed by atoms with Gasteiger partial charge in [0.05, 0.1) is 7.11 Å². The van der Waals surface area contributed by atoms with Crippen molar-refractivity contribution in [2.75, 3.05) is 11.8 Å². The van der Waals surface area contributed by atoms with Crippen molar-refractivity contribution >= 4 is 48.5 Å². The molecule has 25 heavy (non-hydrogen) atoms. The summed E-state index contributed by atoms with van der Waals surface area (Å²) in [5.41, 5.74) is 0.137. The van der Waals surface area contributed by atoms with Crippen LogP contribution in [-0.4, -0.2) is 31.3 Å². The minimum atomic E-state index is -3.90. The van der Waals surface area contributed by atoms with Crippen LogP contribution in [0.1, 0.15) is 10.5 Å². The number of ether oxygens (including phenoxy) is 1. The molecule has 0 fully saturated rings. The molecule has 0 bridgehead atoms. The Morgan fingerprint density at radius 1 is 1.24 bits per heavy atom. The summed E-state index contributed by atoms with van der Waals surface area (Å²) < 4.78 is 34.2. The van der Waals surface area contributed by atoms with Crippen molar-refractivity contribution in [2.45, 2.75) is 4.90 Å². The molecule has 1 aromatic heterocycles. The first-order valence-corrected chi connectivity index (χ1v) is 9.43. The predicted octanol–water partition coefficient (Wildman–Crippen LogP) is 2.92. The number of benzene rings is 2. The molecule has 0 spiro atoms. The number of nitrogens with one attached hydrogen (secondary N) is 1. The summed E-state index contributed by atoms with van der Waals surface area (Å²) >= 11 is 3.37. The third kappa shape index (κ3) is 3.24. The molecule has 0 aliphatic heterocycles. The lowest BCUT2D eigenvalue weighted by atomic mass is 10.1. The van der Waals surface area contributed by atoms with Gasteiger partial charge in [0, 0.05) is 17.6 Å². The molecular formula is C16H14BrN3O4S. The number of carbonyl (C=O) groups is 1. The average Bonchev–Trinajstić information content (AvgIpc) is 2.94. The number of anilines is 1. The molecule has 9 heteroatoms. The lowest BCUT2D eigenvalue weighted by Crippen LogP contribution is -2.14. The quantitative estimate of drug-likeness (QED) is 0.651. The van der Waals surface area contributed by atoms with Crippen LogP contribution >= 0.6 is 15.9 Å². The molecule has 0 saturated heterocycles. The van der Waals surface area contributed by atoms with Crippen LogP contribution in [0.2, 0.25) is 0 Å². The first-order valence-electron chi connectivity index (χ1n) is 7.16. The molecule has 0 atom stereocenters. The van der Waals surface area contributed by atoms with Gasteiger partial charge in [-0.15, -0.1) is 0 Å². The topological polar surface area (TPSA) is 90.3 Å². The second-order valence-corrected chi connectivity index (χ2v) is 7.68. The Balaban J connectivity index is 2.01. The molecular weight excluding hydrogens is 410 g/mol.